The van der Waals surface area contributed by atoms with Crippen LogP contribution in [0.4, 0.5) is 0 Å². The topological polar surface area (TPSA) is 59.1 Å². The van der Waals surface area contributed by atoms with E-state index in [0.717, 1.165) is 43.6 Å². The minimum atomic E-state index is -0.330. The lowest BCUT2D eigenvalue weighted by Crippen LogP contribution is -2.51. The van der Waals surface area contributed by atoms with Gasteiger partial charge in [-0.25, -0.2) is 0 Å². The van der Waals surface area contributed by atoms with Crippen molar-refractivity contribution in [3.8, 4) is 11.5 Å². The average Bonchev–Trinajstić information content (AvgIpc) is 3.31. The second kappa shape index (κ2) is 6.82. The first-order chi connectivity index (χ1) is 12.5. The van der Waals surface area contributed by atoms with E-state index in [1.54, 1.807) is 9.80 Å². The fraction of sp³-hybridized carbons (Fsp3) is 0.600. The van der Waals surface area contributed by atoms with Gasteiger partial charge in [0.05, 0.1) is 0 Å². The fourth-order valence-electron chi connectivity index (χ4n) is 4.37. The Kier molecular flexibility index (Phi) is 4.51. The van der Waals surface area contributed by atoms with Gasteiger partial charge >= 0.3 is 11.8 Å². The van der Waals surface area contributed by atoms with Crippen molar-refractivity contribution in [2.45, 2.75) is 39.0 Å². The van der Waals surface area contributed by atoms with E-state index in [2.05, 4.69) is 13.0 Å². The third-order valence-electron chi connectivity index (χ3n) is 5.71. The summed E-state index contributed by atoms with van der Waals surface area (Å²) in [4.78, 5) is 28.6. The molecule has 26 heavy (non-hydrogen) atoms. The van der Waals surface area contributed by atoms with E-state index in [9.17, 15) is 9.59 Å². The molecule has 1 aromatic rings. The predicted octanol–water partition coefficient (Wildman–Crippen LogP) is 2.21. The second-order valence-electron chi connectivity index (χ2n) is 8.00. The summed E-state index contributed by atoms with van der Waals surface area (Å²) in [5.74, 6) is 0.924. The number of hydrogen-bond acceptors (Lipinski definition) is 4. The van der Waals surface area contributed by atoms with E-state index in [-0.39, 0.29) is 24.0 Å². The van der Waals surface area contributed by atoms with Crippen molar-refractivity contribution in [1.82, 2.24) is 9.80 Å². The molecule has 3 heterocycles. The van der Waals surface area contributed by atoms with Crippen LogP contribution in [-0.4, -0.2) is 54.6 Å². The first-order valence-corrected chi connectivity index (χ1v) is 9.51. The first kappa shape index (κ1) is 17.2. The molecule has 0 unspecified atom stereocenters. The van der Waals surface area contributed by atoms with Crippen molar-refractivity contribution in [1.29, 1.82) is 0 Å². The molecule has 0 spiro atoms. The number of benzene rings is 1. The van der Waals surface area contributed by atoms with E-state index in [0.29, 0.717) is 26.2 Å². The standard InChI is InChI=1S/C20H26N2O4/c1-20(12-15-5-6-16-17(11-15)26-14-25-16)7-4-10-22(13-20)19(24)18(23)21-8-2-3-9-21/h5-6,11H,2-4,7-10,12-14H2,1H3/t20-/m1/s1. The second-order valence-corrected chi connectivity index (χ2v) is 8.00. The number of rotatable bonds is 2. The highest BCUT2D eigenvalue weighted by atomic mass is 16.7. The number of carbonyl (C=O) groups is 2. The van der Waals surface area contributed by atoms with Gasteiger partial charge in [0.15, 0.2) is 11.5 Å². The van der Waals surface area contributed by atoms with Crippen molar-refractivity contribution >= 4 is 11.8 Å². The van der Waals surface area contributed by atoms with Crippen LogP contribution in [0.15, 0.2) is 18.2 Å². The zero-order valence-corrected chi connectivity index (χ0v) is 15.3. The van der Waals surface area contributed by atoms with Crippen molar-refractivity contribution < 1.29 is 19.1 Å². The van der Waals surface area contributed by atoms with E-state index < -0.39 is 0 Å². The molecular weight excluding hydrogens is 332 g/mol. The molecule has 0 radical (unpaired) electrons. The zero-order valence-electron chi connectivity index (χ0n) is 15.3. The van der Waals surface area contributed by atoms with Crippen LogP contribution in [0.2, 0.25) is 0 Å². The van der Waals surface area contributed by atoms with Gasteiger partial charge < -0.3 is 19.3 Å². The number of hydrogen-bond donors (Lipinski definition) is 0. The molecule has 0 bridgehead atoms. The summed E-state index contributed by atoms with van der Waals surface area (Å²) in [5, 5.41) is 0. The lowest BCUT2D eigenvalue weighted by molar-refractivity contribution is -0.153. The number of carbonyl (C=O) groups excluding carboxylic acids is 2. The molecule has 1 aromatic carbocycles. The molecule has 0 aliphatic carbocycles. The molecular formula is C20H26N2O4. The van der Waals surface area contributed by atoms with Gasteiger partial charge in [0, 0.05) is 26.2 Å². The molecule has 6 nitrogen and oxygen atoms in total. The number of nitrogens with zero attached hydrogens (tertiary/aromatic N) is 2. The Morgan fingerprint density at radius 3 is 2.50 bits per heavy atom. The molecule has 2 saturated heterocycles. The van der Waals surface area contributed by atoms with Crippen molar-refractivity contribution in [3.05, 3.63) is 23.8 Å². The smallest absolute Gasteiger partial charge is 0.312 e. The molecule has 2 amide bonds. The van der Waals surface area contributed by atoms with E-state index in [1.165, 1.54) is 5.56 Å². The van der Waals surface area contributed by atoms with Gasteiger partial charge in [0.1, 0.15) is 0 Å². The van der Waals surface area contributed by atoms with E-state index in [4.69, 9.17) is 9.47 Å². The Balaban J connectivity index is 1.43. The highest BCUT2D eigenvalue weighted by molar-refractivity contribution is 6.35. The number of fused-ring (bicyclic) bond motifs is 1. The van der Waals surface area contributed by atoms with Crippen LogP contribution in [0.3, 0.4) is 0 Å². The predicted molar refractivity (Wildman–Crippen MR) is 96.0 cm³/mol. The van der Waals surface area contributed by atoms with Crippen LogP contribution >= 0.6 is 0 Å². The molecule has 0 aromatic heterocycles. The highest BCUT2D eigenvalue weighted by Crippen LogP contribution is 2.37. The van der Waals surface area contributed by atoms with Crippen LogP contribution in [0.5, 0.6) is 11.5 Å². The third kappa shape index (κ3) is 3.37. The summed E-state index contributed by atoms with van der Waals surface area (Å²) in [6.07, 6.45) is 4.83. The van der Waals surface area contributed by atoms with Crippen molar-refractivity contribution in [2.75, 3.05) is 33.0 Å². The lowest BCUT2D eigenvalue weighted by Gasteiger charge is -2.40. The maximum atomic E-state index is 12.7. The third-order valence-corrected chi connectivity index (χ3v) is 5.71. The highest BCUT2D eigenvalue weighted by Gasteiger charge is 2.37. The zero-order chi connectivity index (χ0) is 18.1. The minimum absolute atomic E-state index is 0.0348. The Bertz CT molecular complexity index is 714. The van der Waals surface area contributed by atoms with Crippen LogP contribution in [0, 0.1) is 5.41 Å². The number of likely N-dealkylation sites (tertiary alicyclic amines) is 2. The summed E-state index contributed by atoms with van der Waals surface area (Å²) < 4.78 is 10.8. The Labute approximate surface area is 154 Å². The van der Waals surface area contributed by atoms with E-state index >= 15 is 0 Å². The lowest BCUT2D eigenvalue weighted by atomic mass is 9.77. The van der Waals surface area contributed by atoms with Crippen LogP contribution in [0.25, 0.3) is 0 Å². The summed E-state index contributed by atoms with van der Waals surface area (Å²) in [6.45, 7) is 5.21. The molecule has 4 rings (SSSR count). The van der Waals surface area contributed by atoms with Gasteiger partial charge in [-0.1, -0.05) is 13.0 Å². The number of ether oxygens (including phenoxy) is 2. The van der Waals surface area contributed by atoms with Gasteiger partial charge in [-0.15, -0.1) is 0 Å². The summed E-state index contributed by atoms with van der Waals surface area (Å²) in [6, 6.07) is 6.04. The van der Waals surface area contributed by atoms with Gasteiger partial charge in [0.25, 0.3) is 0 Å². The molecule has 1 atom stereocenters. The molecule has 6 heteroatoms. The Hall–Kier alpha value is -2.24. The van der Waals surface area contributed by atoms with Gasteiger partial charge in [-0.05, 0) is 55.2 Å². The maximum Gasteiger partial charge on any atom is 0.312 e. The summed E-state index contributed by atoms with van der Waals surface area (Å²) >= 11 is 0. The minimum Gasteiger partial charge on any atom is -0.454 e. The summed E-state index contributed by atoms with van der Waals surface area (Å²) in [5.41, 5.74) is 1.14. The van der Waals surface area contributed by atoms with Gasteiger partial charge in [-0.2, -0.15) is 0 Å². The van der Waals surface area contributed by atoms with Gasteiger partial charge in [-0.3, -0.25) is 9.59 Å². The van der Waals surface area contributed by atoms with E-state index in [1.807, 2.05) is 12.1 Å². The fourth-order valence-corrected chi connectivity index (χ4v) is 4.37. The quantitative estimate of drug-likeness (QED) is 0.761. The molecule has 2 fully saturated rings. The molecule has 140 valence electrons. The van der Waals surface area contributed by atoms with Crippen LogP contribution < -0.4 is 9.47 Å². The number of amides is 2. The van der Waals surface area contributed by atoms with Crippen LogP contribution in [-0.2, 0) is 16.0 Å². The largest absolute Gasteiger partial charge is 0.454 e. The Morgan fingerprint density at radius 1 is 1.00 bits per heavy atom. The van der Waals surface area contributed by atoms with Crippen molar-refractivity contribution in [3.63, 3.8) is 0 Å². The first-order valence-electron chi connectivity index (χ1n) is 9.51. The molecule has 0 saturated carbocycles. The normalized spacial score (nSPS) is 24.8. The average molecular weight is 358 g/mol. The number of piperidine rings is 1. The SMILES string of the molecule is C[C@]1(Cc2ccc3c(c2)OCO3)CCCN(C(=O)C(=O)N2CCCC2)C1. The Morgan fingerprint density at radius 2 is 1.69 bits per heavy atom. The molecule has 0 N–H and O–H groups in total. The van der Waals surface area contributed by atoms with Crippen molar-refractivity contribution in [2.24, 2.45) is 5.41 Å². The van der Waals surface area contributed by atoms with Gasteiger partial charge in [0.2, 0.25) is 6.79 Å². The van der Waals surface area contributed by atoms with Crippen LogP contribution in [0.1, 0.15) is 38.2 Å². The monoisotopic (exact) mass is 358 g/mol. The maximum absolute atomic E-state index is 12.7. The molecule has 3 aliphatic heterocycles. The molecule has 3 aliphatic rings. The summed E-state index contributed by atoms with van der Waals surface area (Å²) in [7, 11) is 0.